The second-order valence-electron chi connectivity index (χ2n) is 18.3. The highest BCUT2D eigenvalue weighted by molar-refractivity contribution is 9.09. The number of alkyl halides is 3. The molecule has 4 aliphatic carbocycles. The number of carbonyl (C=O) groups is 5. The third-order valence-corrected chi connectivity index (χ3v) is 15.4. The van der Waals surface area contributed by atoms with Gasteiger partial charge in [-0.2, -0.15) is 0 Å². The summed E-state index contributed by atoms with van der Waals surface area (Å²) in [6.07, 6.45) is -0.791. The van der Waals surface area contributed by atoms with Crippen molar-refractivity contribution in [2.75, 3.05) is 30.3 Å². The van der Waals surface area contributed by atoms with Gasteiger partial charge >= 0.3 is 7.82 Å². The number of nitrogens with two attached hydrogens (primary N) is 1. The number of nitrogens with one attached hydrogen (secondary N) is 2. The van der Waals surface area contributed by atoms with Crippen LogP contribution in [-0.4, -0.2) is 98.7 Å². The van der Waals surface area contributed by atoms with E-state index in [1.54, 1.807) is 31.2 Å². The van der Waals surface area contributed by atoms with Crippen LogP contribution in [0.3, 0.4) is 0 Å². The number of amides is 2. The molecule has 11 atom stereocenters. The molecule has 65 heavy (non-hydrogen) atoms. The molecule has 0 radical (unpaired) electrons. The molecule has 0 unspecified atom stereocenters. The number of unbranched alkanes of at least 4 members (excludes halogenated alkanes) is 1. The number of ether oxygens (including phenoxy) is 2. The number of allylic oxidation sites excluding steroid dienone is 4. The van der Waals surface area contributed by atoms with Gasteiger partial charge in [0.15, 0.2) is 34.9 Å². The molecule has 7 rings (SSSR count). The number of hydrogen-bond donors (Lipinski definition) is 6. The number of rotatable bonds is 18. The molecule has 15 nitrogen and oxygen atoms in total. The number of carbonyl (C=O) groups excluding carboxylic acids is 5. The molecule has 2 aromatic rings. The lowest BCUT2D eigenvalue weighted by molar-refractivity contribution is -0.235. The molecule has 19 heteroatoms. The molecular formula is C46H55BrF2N3O12P. The van der Waals surface area contributed by atoms with Crippen LogP contribution in [0.2, 0.25) is 0 Å². The van der Waals surface area contributed by atoms with Crippen molar-refractivity contribution in [1.82, 2.24) is 5.32 Å². The molecular weight excluding hydrogens is 935 g/mol. The summed E-state index contributed by atoms with van der Waals surface area (Å²) >= 11 is 3.04. The van der Waals surface area contributed by atoms with Crippen LogP contribution in [0.4, 0.5) is 14.5 Å². The van der Waals surface area contributed by atoms with Gasteiger partial charge in [-0.25, -0.2) is 13.3 Å². The summed E-state index contributed by atoms with van der Waals surface area (Å²) in [5.74, 6) is -4.90. The maximum absolute atomic E-state index is 17.9. The third-order valence-electron chi connectivity index (χ3n) is 14.5. The van der Waals surface area contributed by atoms with Crippen LogP contribution in [0.5, 0.6) is 0 Å². The van der Waals surface area contributed by atoms with E-state index in [2.05, 4.69) is 31.1 Å². The van der Waals surface area contributed by atoms with E-state index < -0.39 is 90.5 Å². The van der Waals surface area contributed by atoms with Gasteiger partial charge in [-0.05, 0) is 98.9 Å². The number of phosphoric acid groups is 1. The second kappa shape index (κ2) is 19.0. The largest absolute Gasteiger partial charge is 0.470 e. The number of aliphatic hydroxyl groups excluding tert-OH is 1. The van der Waals surface area contributed by atoms with Gasteiger partial charge in [0.05, 0.1) is 24.1 Å². The highest BCUT2D eigenvalue weighted by Crippen LogP contribution is 2.72. The Morgan fingerprint density at radius 2 is 1.80 bits per heavy atom. The van der Waals surface area contributed by atoms with Crippen LogP contribution in [0, 0.1) is 28.6 Å². The third kappa shape index (κ3) is 9.27. The van der Waals surface area contributed by atoms with Crippen molar-refractivity contribution < 1.29 is 66.2 Å². The van der Waals surface area contributed by atoms with E-state index >= 15 is 8.78 Å². The maximum Gasteiger partial charge on any atom is 0.470 e. The van der Waals surface area contributed by atoms with Crippen LogP contribution in [0.1, 0.15) is 81.8 Å². The smallest absolute Gasteiger partial charge is 0.390 e. The second-order valence-corrected chi connectivity index (χ2v) is 20.1. The fraction of sp³-hybridized carbons (Fsp3) is 0.543. The van der Waals surface area contributed by atoms with Crippen LogP contribution in [0.25, 0.3) is 0 Å². The lowest BCUT2D eigenvalue weighted by atomic mass is 9.44. The molecule has 1 saturated heterocycles. The quantitative estimate of drug-likeness (QED) is 0.0641. The Kier molecular flexibility index (Phi) is 14.4. The SMILES string of the molecule is C[C@]12C=CC(=O)C=C1[C@@H](F)C[C@H]1[C@@H]3C[C@H]4O[C@@H](c5ccc(Cc6cccc(NC(=O)[C@H](CCCCN)CC(=O)CNC(=O)CBr)c6)cc5)O[C@@]4(C(=O)COP(=O)(O)O)[C@@]3(C)C[C@H](O)[C@@]12F. The number of benzene rings is 2. The van der Waals surface area contributed by atoms with E-state index in [9.17, 15) is 43.4 Å². The fourth-order valence-corrected chi connectivity index (χ4v) is 11.8. The molecule has 5 aliphatic rings. The summed E-state index contributed by atoms with van der Waals surface area (Å²) in [5, 5.41) is 17.4. The number of anilines is 1. The van der Waals surface area contributed by atoms with Gasteiger partial charge in [-0.15, -0.1) is 0 Å². The Bertz CT molecular complexity index is 2310. The molecule has 352 valence electrons. The number of phosphoric ester groups is 1. The highest BCUT2D eigenvalue weighted by atomic mass is 79.9. The topological polar surface area (TPSA) is 241 Å². The van der Waals surface area contributed by atoms with Crippen LogP contribution >= 0.6 is 23.8 Å². The Morgan fingerprint density at radius 3 is 2.49 bits per heavy atom. The van der Waals surface area contributed by atoms with Crippen molar-refractivity contribution in [3.8, 4) is 0 Å². The van der Waals surface area contributed by atoms with Gasteiger partial charge in [0.25, 0.3) is 0 Å². The Morgan fingerprint density at radius 1 is 1.06 bits per heavy atom. The predicted molar refractivity (Wildman–Crippen MR) is 236 cm³/mol. The summed E-state index contributed by atoms with van der Waals surface area (Å²) in [5.41, 5.74) is 0.779. The standard InChI is InChI=1S/C46H55BrF2N3O12P/c1-43-14-13-31(53)19-35(43)36(48)20-34-33-21-39-46(38(56)25-62-65(59,60)61,44(33,2)22-37(55)45(34,43)49)64-42(63-39)28-11-9-26(10-12-28)16-27-6-5-8-30(17-27)52-41(58)29(7-3-4-15-50)18-32(54)24-51-40(57)23-47/h5-6,8-14,17,19,29,33-34,36-37,39,42,55H,3-4,7,15-16,18,20-25,50H2,1-2H3,(H,51,57)(H,52,58)(H2,59,60,61)/t29-,33+,34+,36+,37+,39-,42-,43+,44+,45+,46-/m1/s1. The van der Waals surface area contributed by atoms with Crippen LogP contribution < -0.4 is 16.4 Å². The minimum absolute atomic E-state index is 0.00642. The lowest BCUT2D eigenvalue weighted by Crippen LogP contribution is -2.70. The van der Waals surface area contributed by atoms with E-state index in [0.29, 0.717) is 43.5 Å². The normalized spacial score (nSPS) is 32.9. The zero-order valence-electron chi connectivity index (χ0n) is 36.1. The van der Waals surface area contributed by atoms with Crippen molar-refractivity contribution in [3.63, 3.8) is 0 Å². The minimum Gasteiger partial charge on any atom is -0.390 e. The zero-order valence-corrected chi connectivity index (χ0v) is 38.5. The average Bonchev–Trinajstić information content (AvgIpc) is 3.76. The first-order valence-electron chi connectivity index (χ1n) is 21.7. The molecule has 3 saturated carbocycles. The molecule has 0 bridgehead atoms. The Labute approximate surface area is 383 Å². The van der Waals surface area contributed by atoms with Gasteiger partial charge in [0, 0.05) is 40.3 Å². The summed E-state index contributed by atoms with van der Waals surface area (Å²) in [6, 6.07) is 14.4. The monoisotopic (exact) mass is 989 g/mol. The lowest BCUT2D eigenvalue weighted by Gasteiger charge is -2.63. The fourth-order valence-electron chi connectivity index (χ4n) is 11.3. The Balaban J connectivity index is 1.08. The molecule has 2 aromatic carbocycles. The first-order valence-corrected chi connectivity index (χ1v) is 24.4. The molecule has 4 fully saturated rings. The summed E-state index contributed by atoms with van der Waals surface area (Å²) < 4.78 is 63.6. The van der Waals surface area contributed by atoms with E-state index in [0.717, 1.165) is 17.2 Å². The van der Waals surface area contributed by atoms with Crippen LogP contribution in [0.15, 0.2) is 72.3 Å². The first kappa shape index (κ1) is 49.1. The zero-order chi connectivity index (χ0) is 47.1. The minimum atomic E-state index is -5.15. The molecule has 1 heterocycles. The van der Waals surface area contributed by atoms with Gasteiger partial charge in [0.2, 0.25) is 11.8 Å². The molecule has 0 aromatic heterocycles. The Hall–Kier alpha value is -3.84. The average molecular weight is 991 g/mol. The van der Waals surface area contributed by atoms with E-state index in [1.165, 1.54) is 19.1 Å². The summed E-state index contributed by atoms with van der Waals surface area (Å²) in [6.45, 7) is 2.29. The number of fused-ring (bicyclic) bond motifs is 7. The van der Waals surface area contributed by atoms with E-state index in [1.807, 2.05) is 24.3 Å². The number of Topliss-reactive ketones (excluding diaryl/α,β-unsaturated/α-hetero) is 2. The molecule has 2 amide bonds. The van der Waals surface area contributed by atoms with Gasteiger partial charge in [-0.1, -0.05) is 71.7 Å². The van der Waals surface area contributed by atoms with Gasteiger partial charge in [0.1, 0.15) is 12.8 Å². The molecule has 7 N–H and O–H groups in total. The van der Waals surface area contributed by atoms with Crippen molar-refractivity contribution in [2.45, 2.75) is 101 Å². The number of hydrogen-bond acceptors (Lipinski definition) is 11. The predicted octanol–water partition coefficient (Wildman–Crippen LogP) is 5.19. The van der Waals surface area contributed by atoms with E-state index in [-0.39, 0.29) is 60.7 Å². The van der Waals surface area contributed by atoms with E-state index in [4.69, 9.17) is 15.2 Å². The number of ketones is 3. The van der Waals surface area contributed by atoms with Crippen molar-refractivity contribution in [2.24, 2.45) is 34.3 Å². The molecule has 0 spiro atoms. The number of halogens is 3. The summed E-state index contributed by atoms with van der Waals surface area (Å²) in [7, 11) is -5.15. The van der Waals surface area contributed by atoms with Crippen molar-refractivity contribution in [1.29, 1.82) is 0 Å². The van der Waals surface area contributed by atoms with Crippen LogP contribution in [-0.2, 0) is 49.0 Å². The van der Waals surface area contributed by atoms with Gasteiger partial charge in [-0.3, -0.25) is 28.5 Å². The van der Waals surface area contributed by atoms with Gasteiger partial charge < -0.3 is 40.7 Å². The summed E-state index contributed by atoms with van der Waals surface area (Å²) in [4.78, 5) is 83.5. The maximum atomic E-state index is 17.9. The first-order chi connectivity index (χ1) is 30.7. The van der Waals surface area contributed by atoms with Crippen molar-refractivity contribution in [3.05, 3.63) is 89.0 Å². The molecule has 1 aliphatic heterocycles. The number of aliphatic hydroxyl groups is 1. The van der Waals surface area contributed by atoms with Crippen molar-refractivity contribution >= 4 is 58.6 Å². The highest BCUT2D eigenvalue weighted by Gasteiger charge is 2.80.